The van der Waals surface area contributed by atoms with Crippen LogP contribution in [0.4, 0.5) is 5.69 Å². The standard InChI is InChI=1S/C21H23N5O2S/c1-15(29-21-23-24-25-26(21)14-17-10-7-13-28-17)20(27)22-19-12-6-5-11-18(19)16-8-3-2-4-9-16/h2-6,8-9,11-12,15,17H,7,10,13-14H2,1H3,(H,22,27)/t15-,17+/m0/s1. The molecule has 2 heterocycles. The summed E-state index contributed by atoms with van der Waals surface area (Å²) in [5.74, 6) is -0.0925. The summed E-state index contributed by atoms with van der Waals surface area (Å²) in [6.45, 7) is 3.26. The second-order valence-corrected chi connectivity index (χ2v) is 8.25. The van der Waals surface area contributed by atoms with Crippen molar-refractivity contribution in [3.63, 3.8) is 0 Å². The fourth-order valence-electron chi connectivity index (χ4n) is 3.28. The average molecular weight is 410 g/mol. The Morgan fingerprint density at radius 3 is 2.83 bits per heavy atom. The van der Waals surface area contributed by atoms with Gasteiger partial charge < -0.3 is 10.1 Å². The number of anilines is 1. The Labute approximate surface area is 173 Å². The summed E-state index contributed by atoms with van der Waals surface area (Å²) >= 11 is 1.35. The molecule has 1 saturated heterocycles. The summed E-state index contributed by atoms with van der Waals surface area (Å²) in [6, 6.07) is 17.8. The van der Waals surface area contributed by atoms with Gasteiger partial charge in [0.1, 0.15) is 0 Å². The number of nitrogens with zero attached hydrogens (tertiary/aromatic N) is 4. The molecule has 1 aromatic heterocycles. The maximum absolute atomic E-state index is 12.8. The van der Waals surface area contributed by atoms with Crippen molar-refractivity contribution < 1.29 is 9.53 Å². The molecule has 29 heavy (non-hydrogen) atoms. The predicted molar refractivity (Wildman–Crippen MR) is 113 cm³/mol. The minimum atomic E-state index is -0.354. The number of para-hydroxylation sites is 1. The Morgan fingerprint density at radius 1 is 1.24 bits per heavy atom. The third-order valence-electron chi connectivity index (χ3n) is 4.82. The summed E-state index contributed by atoms with van der Waals surface area (Å²) in [6.07, 6.45) is 2.21. The zero-order valence-corrected chi connectivity index (χ0v) is 17.0. The molecule has 1 amide bonds. The van der Waals surface area contributed by atoms with Crippen LogP contribution >= 0.6 is 11.8 Å². The predicted octanol–water partition coefficient (Wildman–Crippen LogP) is 3.64. The van der Waals surface area contributed by atoms with E-state index in [4.69, 9.17) is 4.74 Å². The summed E-state index contributed by atoms with van der Waals surface area (Å²) in [5.41, 5.74) is 2.83. The molecule has 1 aliphatic rings. The van der Waals surface area contributed by atoms with Crippen LogP contribution < -0.4 is 5.32 Å². The van der Waals surface area contributed by atoms with E-state index in [0.29, 0.717) is 11.7 Å². The Balaban J connectivity index is 1.43. The SMILES string of the molecule is C[C@H](Sc1nnnn1C[C@H]1CCCO1)C(=O)Nc1ccccc1-c1ccccc1. The molecule has 0 aliphatic carbocycles. The molecule has 0 unspecified atom stereocenters. The van der Waals surface area contributed by atoms with Crippen LogP contribution in [0.5, 0.6) is 0 Å². The molecule has 1 aliphatic heterocycles. The van der Waals surface area contributed by atoms with Gasteiger partial charge in [-0.25, -0.2) is 4.68 Å². The number of rotatable bonds is 7. The van der Waals surface area contributed by atoms with Crippen molar-refractivity contribution in [1.29, 1.82) is 0 Å². The van der Waals surface area contributed by atoms with Gasteiger partial charge >= 0.3 is 0 Å². The molecule has 0 saturated carbocycles. The molecule has 2 aromatic carbocycles. The van der Waals surface area contributed by atoms with Gasteiger partial charge in [0.15, 0.2) is 0 Å². The van der Waals surface area contributed by atoms with Gasteiger partial charge in [-0.3, -0.25) is 4.79 Å². The number of amides is 1. The molecule has 1 N–H and O–H groups in total. The van der Waals surface area contributed by atoms with E-state index >= 15 is 0 Å². The van der Waals surface area contributed by atoms with Crippen LogP contribution in [0.2, 0.25) is 0 Å². The quantitative estimate of drug-likeness (QED) is 0.600. The van der Waals surface area contributed by atoms with Crippen LogP contribution in [0, 0.1) is 0 Å². The number of tetrazole rings is 1. The summed E-state index contributed by atoms with van der Waals surface area (Å²) in [4.78, 5) is 12.8. The molecular weight excluding hydrogens is 386 g/mol. The minimum Gasteiger partial charge on any atom is -0.376 e. The summed E-state index contributed by atoms with van der Waals surface area (Å²) in [7, 11) is 0. The number of thioether (sulfide) groups is 1. The Kier molecular flexibility index (Phi) is 6.21. The summed E-state index contributed by atoms with van der Waals surface area (Å²) in [5, 5.41) is 15.2. The van der Waals surface area contributed by atoms with Crippen LogP contribution in [-0.4, -0.2) is 44.1 Å². The molecule has 3 aromatic rings. The molecule has 2 atom stereocenters. The number of ether oxygens (including phenoxy) is 1. The van der Waals surface area contributed by atoms with E-state index in [2.05, 4.69) is 20.8 Å². The first-order valence-electron chi connectivity index (χ1n) is 9.70. The molecule has 0 bridgehead atoms. The van der Waals surface area contributed by atoms with Crippen LogP contribution in [0.3, 0.4) is 0 Å². The lowest BCUT2D eigenvalue weighted by Gasteiger charge is -2.15. The first-order chi connectivity index (χ1) is 14.2. The van der Waals surface area contributed by atoms with Gasteiger partial charge in [0.2, 0.25) is 11.1 Å². The smallest absolute Gasteiger partial charge is 0.237 e. The van der Waals surface area contributed by atoms with E-state index < -0.39 is 0 Å². The van der Waals surface area contributed by atoms with Crippen LogP contribution in [0.1, 0.15) is 19.8 Å². The molecule has 0 radical (unpaired) electrons. The first-order valence-corrected chi connectivity index (χ1v) is 10.6. The maximum atomic E-state index is 12.8. The second-order valence-electron chi connectivity index (χ2n) is 6.94. The van der Waals surface area contributed by atoms with Crippen molar-refractivity contribution in [3.05, 3.63) is 54.6 Å². The molecule has 8 heteroatoms. The van der Waals surface area contributed by atoms with Gasteiger partial charge in [0, 0.05) is 17.9 Å². The number of hydrogen-bond acceptors (Lipinski definition) is 6. The van der Waals surface area contributed by atoms with Crippen molar-refractivity contribution in [2.24, 2.45) is 0 Å². The van der Waals surface area contributed by atoms with Crippen molar-refractivity contribution in [2.45, 2.75) is 42.8 Å². The highest BCUT2D eigenvalue weighted by atomic mass is 32.2. The Morgan fingerprint density at radius 2 is 2.03 bits per heavy atom. The number of aromatic nitrogens is 4. The first kappa shape index (κ1) is 19.6. The van der Waals surface area contributed by atoms with Gasteiger partial charge in [-0.1, -0.05) is 60.3 Å². The third kappa shape index (κ3) is 4.83. The number of carbonyl (C=O) groups excluding carboxylic acids is 1. The second kappa shape index (κ2) is 9.19. The Bertz CT molecular complexity index is 956. The highest BCUT2D eigenvalue weighted by Gasteiger charge is 2.22. The molecule has 7 nitrogen and oxygen atoms in total. The van der Waals surface area contributed by atoms with E-state index in [1.54, 1.807) is 4.68 Å². The van der Waals surface area contributed by atoms with Crippen LogP contribution in [0.15, 0.2) is 59.8 Å². The third-order valence-corrected chi connectivity index (χ3v) is 5.89. The highest BCUT2D eigenvalue weighted by molar-refractivity contribution is 8.00. The number of hydrogen-bond donors (Lipinski definition) is 1. The van der Waals surface area contributed by atoms with Gasteiger partial charge in [-0.2, -0.15) is 0 Å². The highest BCUT2D eigenvalue weighted by Crippen LogP contribution is 2.29. The van der Waals surface area contributed by atoms with Crippen molar-refractivity contribution in [3.8, 4) is 11.1 Å². The normalized spacial score (nSPS) is 17.2. The fraction of sp³-hybridized carbons (Fsp3) is 0.333. The Hall–Kier alpha value is -2.71. The lowest BCUT2D eigenvalue weighted by molar-refractivity contribution is -0.115. The van der Waals surface area contributed by atoms with Crippen LogP contribution in [-0.2, 0) is 16.1 Å². The largest absolute Gasteiger partial charge is 0.376 e. The fourth-order valence-corrected chi connectivity index (χ4v) is 4.08. The van der Waals surface area contributed by atoms with E-state index in [1.165, 1.54) is 11.8 Å². The minimum absolute atomic E-state index is 0.0925. The van der Waals surface area contributed by atoms with E-state index in [1.807, 2.05) is 61.5 Å². The van der Waals surface area contributed by atoms with E-state index in [-0.39, 0.29) is 17.3 Å². The number of carbonyl (C=O) groups is 1. The lowest BCUT2D eigenvalue weighted by Crippen LogP contribution is -2.24. The summed E-state index contributed by atoms with van der Waals surface area (Å²) < 4.78 is 7.39. The molecule has 150 valence electrons. The van der Waals surface area contributed by atoms with Gasteiger partial charge in [-0.05, 0) is 41.8 Å². The number of benzene rings is 2. The van der Waals surface area contributed by atoms with Gasteiger partial charge in [0.25, 0.3) is 0 Å². The number of nitrogens with one attached hydrogen (secondary N) is 1. The zero-order valence-electron chi connectivity index (χ0n) is 16.2. The van der Waals surface area contributed by atoms with Crippen molar-refractivity contribution in [2.75, 3.05) is 11.9 Å². The monoisotopic (exact) mass is 409 g/mol. The average Bonchev–Trinajstić information content (AvgIpc) is 3.42. The molecule has 1 fully saturated rings. The van der Waals surface area contributed by atoms with Crippen molar-refractivity contribution in [1.82, 2.24) is 20.2 Å². The van der Waals surface area contributed by atoms with E-state index in [0.717, 1.165) is 36.3 Å². The van der Waals surface area contributed by atoms with Crippen molar-refractivity contribution >= 4 is 23.4 Å². The zero-order chi connectivity index (χ0) is 20.1. The van der Waals surface area contributed by atoms with E-state index in [9.17, 15) is 4.79 Å². The molecule has 0 spiro atoms. The molecule has 4 rings (SSSR count). The van der Waals surface area contributed by atoms with Gasteiger partial charge in [0.05, 0.1) is 17.9 Å². The van der Waals surface area contributed by atoms with Crippen LogP contribution in [0.25, 0.3) is 11.1 Å². The lowest BCUT2D eigenvalue weighted by atomic mass is 10.0. The topological polar surface area (TPSA) is 81.9 Å². The maximum Gasteiger partial charge on any atom is 0.237 e. The van der Waals surface area contributed by atoms with Gasteiger partial charge in [-0.15, -0.1) is 5.10 Å². The molecular formula is C21H23N5O2S.